The molecular weight excluding hydrogens is 529 g/mol. The lowest BCUT2D eigenvalue weighted by atomic mass is 10.0. The van der Waals surface area contributed by atoms with Crippen LogP contribution < -0.4 is 10.5 Å². The average molecular weight is 549 g/mol. The second-order valence-electron chi connectivity index (χ2n) is 7.00. The number of alkyl halides is 3. The summed E-state index contributed by atoms with van der Waals surface area (Å²) in [6.45, 7) is 1.43. The summed E-state index contributed by atoms with van der Waals surface area (Å²) >= 11 is 2.39. The molecule has 0 fully saturated rings. The number of halogens is 3. The van der Waals surface area contributed by atoms with Crippen LogP contribution in [0, 0.1) is 10.8 Å². The number of thiophene rings is 2. The van der Waals surface area contributed by atoms with Crippen molar-refractivity contribution in [3.05, 3.63) is 52.2 Å². The van der Waals surface area contributed by atoms with Gasteiger partial charge in [0, 0.05) is 11.1 Å². The Balaban J connectivity index is 0.000000540. The summed E-state index contributed by atoms with van der Waals surface area (Å²) in [5, 5.41) is 25.1. The number of benzene rings is 1. The number of fused-ring (bicyclic) bond motifs is 1. The summed E-state index contributed by atoms with van der Waals surface area (Å²) < 4.78 is 60.3. The number of amidine groups is 1. The molecule has 15 heteroatoms. The maximum Gasteiger partial charge on any atom is 0.490 e. The molecule has 3 rings (SSSR count). The molecule has 9 nitrogen and oxygen atoms in total. The average Bonchev–Trinajstić information content (AvgIpc) is 3.40. The minimum absolute atomic E-state index is 0.0531. The molecule has 2 aromatic heterocycles. The quantitative estimate of drug-likeness (QED) is 0.213. The van der Waals surface area contributed by atoms with E-state index in [0.717, 1.165) is 21.4 Å². The van der Waals surface area contributed by atoms with Crippen LogP contribution in [-0.2, 0) is 26.0 Å². The first-order chi connectivity index (χ1) is 16.1. The summed E-state index contributed by atoms with van der Waals surface area (Å²) in [6.07, 6.45) is -5.03. The Morgan fingerprint density at radius 1 is 1.20 bits per heavy atom. The Kier molecular flexibility index (Phi) is 8.89. The van der Waals surface area contributed by atoms with Gasteiger partial charge in [0.1, 0.15) is 10.0 Å². The summed E-state index contributed by atoms with van der Waals surface area (Å²) in [5.74, 6) is -3.42. The highest BCUT2D eigenvalue weighted by Crippen LogP contribution is 2.28. The molecule has 1 unspecified atom stereocenters. The van der Waals surface area contributed by atoms with Crippen molar-refractivity contribution in [2.75, 3.05) is 0 Å². The van der Waals surface area contributed by atoms with Gasteiger partial charge in [-0.1, -0.05) is 18.2 Å². The monoisotopic (exact) mass is 548 g/mol. The molecule has 1 aromatic carbocycles. The van der Waals surface area contributed by atoms with E-state index in [1.807, 2.05) is 24.3 Å². The number of hydrogen-bond donors (Lipinski definition) is 5. The van der Waals surface area contributed by atoms with Crippen molar-refractivity contribution in [1.82, 2.24) is 4.72 Å². The van der Waals surface area contributed by atoms with Crippen LogP contribution in [0.4, 0.5) is 13.2 Å². The van der Waals surface area contributed by atoms with Crippen molar-refractivity contribution in [2.45, 2.75) is 29.8 Å². The number of carbonyl (C=O) groups excluding carboxylic acids is 1. The number of nitrogen functional groups attached to an aromatic ring is 1. The van der Waals surface area contributed by atoms with E-state index in [-0.39, 0.29) is 22.2 Å². The number of Topliss-reactive ketones (excluding diaryl/α,β-unsaturated/α-hetero) is 1. The predicted molar refractivity (Wildman–Crippen MR) is 127 cm³/mol. The van der Waals surface area contributed by atoms with Gasteiger partial charge in [0.05, 0.1) is 16.6 Å². The number of hydrogen-bond acceptors (Lipinski definition) is 8. The van der Waals surface area contributed by atoms with E-state index < -0.39 is 34.0 Å². The summed E-state index contributed by atoms with van der Waals surface area (Å²) in [7, 11) is -3.87. The van der Waals surface area contributed by atoms with Crippen molar-refractivity contribution in [1.29, 1.82) is 10.8 Å². The molecule has 0 saturated carbocycles. The molecule has 1 atom stereocenters. The molecule has 0 radical (unpaired) electrons. The highest BCUT2D eigenvalue weighted by molar-refractivity contribution is 7.91. The van der Waals surface area contributed by atoms with E-state index in [0.29, 0.717) is 10.4 Å². The zero-order valence-corrected chi connectivity index (χ0v) is 20.3. The van der Waals surface area contributed by atoms with Gasteiger partial charge in [0.2, 0.25) is 0 Å². The normalized spacial score (nSPS) is 12.5. The molecule has 0 aliphatic rings. The minimum atomic E-state index is -5.08. The molecule has 6 N–H and O–H groups in total. The van der Waals surface area contributed by atoms with Gasteiger partial charge in [0.15, 0.2) is 5.78 Å². The molecule has 0 aliphatic carbocycles. The van der Waals surface area contributed by atoms with Crippen molar-refractivity contribution in [2.24, 2.45) is 5.73 Å². The Hall–Kier alpha value is -3.14. The van der Waals surface area contributed by atoms with Gasteiger partial charge in [-0.05, 0) is 41.5 Å². The molecule has 0 saturated heterocycles. The third-order valence-electron chi connectivity index (χ3n) is 4.23. The van der Waals surface area contributed by atoms with E-state index >= 15 is 0 Å². The summed E-state index contributed by atoms with van der Waals surface area (Å²) in [4.78, 5) is 21.9. The first-order valence-electron chi connectivity index (χ1n) is 9.46. The Morgan fingerprint density at radius 2 is 1.80 bits per heavy atom. The van der Waals surface area contributed by atoms with Gasteiger partial charge < -0.3 is 16.2 Å². The zero-order chi connectivity index (χ0) is 26.6. The highest BCUT2D eigenvalue weighted by Gasteiger charge is 2.38. The zero-order valence-electron chi connectivity index (χ0n) is 17.8. The second-order valence-corrected chi connectivity index (χ2v) is 10.9. The van der Waals surface area contributed by atoms with Crippen LogP contribution >= 0.6 is 22.7 Å². The maximum absolute atomic E-state index is 12.6. The van der Waals surface area contributed by atoms with Gasteiger partial charge in [-0.2, -0.15) is 17.9 Å². The lowest BCUT2D eigenvalue weighted by Gasteiger charge is -2.12. The lowest BCUT2D eigenvalue weighted by Crippen LogP contribution is -2.41. The highest BCUT2D eigenvalue weighted by atomic mass is 32.2. The molecule has 0 aliphatic heterocycles. The van der Waals surface area contributed by atoms with E-state index in [2.05, 4.69) is 4.72 Å². The van der Waals surface area contributed by atoms with Crippen LogP contribution in [0.3, 0.4) is 0 Å². The van der Waals surface area contributed by atoms with Crippen LogP contribution in [0.25, 0.3) is 10.1 Å². The third kappa shape index (κ3) is 7.68. The number of aliphatic carboxylic acids is 1. The summed E-state index contributed by atoms with van der Waals surface area (Å²) in [6, 6.07) is 9.48. The van der Waals surface area contributed by atoms with E-state index in [9.17, 15) is 26.4 Å². The van der Waals surface area contributed by atoms with E-state index in [4.69, 9.17) is 26.5 Å². The molecular formula is C20H19F3N4O5S3. The number of nitrogens with one attached hydrogen (secondary N) is 3. The number of nitrogens with two attached hydrogens (primary N) is 1. The fraction of sp³-hybridized carbons (Fsp3) is 0.200. The number of ketones is 1. The van der Waals surface area contributed by atoms with Crippen molar-refractivity contribution in [3.63, 3.8) is 0 Å². The third-order valence-corrected chi connectivity index (χ3v) is 8.38. The van der Waals surface area contributed by atoms with Gasteiger partial charge in [-0.15, -0.1) is 22.7 Å². The SMILES string of the molecule is CC(NS(=O)(=O)c1cc2ccccc2s1)C(=O)C(=N)Cc1csc(C(=N)N)c1.O=C(O)C(F)(F)F. The van der Waals surface area contributed by atoms with Gasteiger partial charge in [0.25, 0.3) is 10.0 Å². The largest absolute Gasteiger partial charge is 0.490 e. The molecule has 0 spiro atoms. The number of carboxylic acid groups (broad SMARTS) is 1. The Bertz CT molecular complexity index is 1350. The second kappa shape index (κ2) is 11.1. The topological polar surface area (TPSA) is 174 Å². The van der Waals surface area contributed by atoms with E-state index in [1.54, 1.807) is 17.5 Å². The predicted octanol–water partition coefficient (Wildman–Crippen LogP) is 3.38. The smallest absolute Gasteiger partial charge is 0.475 e. The molecule has 35 heavy (non-hydrogen) atoms. The fourth-order valence-electron chi connectivity index (χ4n) is 2.60. The fourth-order valence-corrected chi connectivity index (χ4v) is 5.99. The van der Waals surface area contributed by atoms with Gasteiger partial charge in [-0.3, -0.25) is 10.2 Å². The van der Waals surface area contributed by atoms with Crippen molar-refractivity contribution in [3.8, 4) is 0 Å². The maximum atomic E-state index is 12.6. The van der Waals surface area contributed by atoms with Crippen molar-refractivity contribution < 1.29 is 36.3 Å². The molecule has 0 bridgehead atoms. The number of carbonyl (C=O) groups is 2. The molecule has 2 heterocycles. The van der Waals surface area contributed by atoms with Gasteiger partial charge in [-0.25, -0.2) is 13.2 Å². The minimum Gasteiger partial charge on any atom is -0.475 e. The Labute approximate surface area is 205 Å². The first-order valence-corrected chi connectivity index (χ1v) is 12.6. The summed E-state index contributed by atoms with van der Waals surface area (Å²) in [5.41, 5.74) is 5.90. The van der Waals surface area contributed by atoms with Crippen molar-refractivity contribution >= 4 is 66.1 Å². The Morgan fingerprint density at radius 3 is 2.31 bits per heavy atom. The number of rotatable bonds is 8. The van der Waals surface area contributed by atoms with Crippen LogP contribution in [0.5, 0.6) is 0 Å². The lowest BCUT2D eigenvalue weighted by molar-refractivity contribution is -0.192. The number of sulfonamides is 1. The molecule has 0 amide bonds. The van der Waals surface area contributed by atoms with Crippen LogP contribution in [0.1, 0.15) is 17.4 Å². The standard InChI is InChI=1S/C18H18N4O3S3.C2HF3O2/c1-10(17(23)13(19)6-11-7-15(18(20)21)26-9-11)22-28(24,25)16-8-12-4-2-3-5-14(12)27-16;3-2(4,5)1(6)7/h2-5,7-10,19,22H,6H2,1H3,(H3,20,21);(H,6,7). The van der Waals surface area contributed by atoms with Crippen LogP contribution in [0.2, 0.25) is 0 Å². The van der Waals surface area contributed by atoms with E-state index in [1.165, 1.54) is 18.3 Å². The van der Waals surface area contributed by atoms with Crippen LogP contribution in [0.15, 0.2) is 46.0 Å². The molecule has 3 aromatic rings. The van der Waals surface area contributed by atoms with Gasteiger partial charge >= 0.3 is 12.1 Å². The first kappa shape index (κ1) is 28.1. The number of carboxylic acids is 1. The van der Waals surface area contributed by atoms with Crippen LogP contribution in [-0.4, -0.2) is 49.0 Å². The molecule has 188 valence electrons.